The van der Waals surface area contributed by atoms with E-state index < -0.39 is 12.3 Å². The monoisotopic (exact) mass is 526 g/mol. The summed E-state index contributed by atoms with van der Waals surface area (Å²) in [7, 11) is 0. The lowest BCUT2D eigenvalue weighted by Crippen LogP contribution is -2.46. The Hall–Kier alpha value is -2.82. The summed E-state index contributed by atoms with van der Waals surface area (Å²) in [6, 6.07) is 15.2. The van der Waals surface area contributed by atoms with Gasteiger partial charge in [-0.3, -0.25) is 14.5 Å². The summed E-state index contributed by atoms with van der Waals surface area (Å²) in [6.07, 6.45) is 1.29. The van der Waals surface area contributed by atoms with Gasteiger partial charge in [-0.25, -0.2) is 0 Å². The van der Waals surface area contributed by atoms with Crippen molar-refractivity contribution >= 4 is 17.6 Å². The number of carboxylic acids is 1. The molecule has 0 bridgehead atoms. The van der Waals surface area contributed by atoms with Crippen molar-refractivity contribution in [3.63, 3.8) is 0 Å². The molecule has 2 heterocycles. The Morgan fingerprint density at radius 1 is 1.05 bits per heavy atom. The van der Waals surface area contributed by atoms with Crippen LogP contribution in [-0.4, -0.2) is 63.9 Å². The Labute approximate surface area is 223 Å². The van der Waals surface area contributed by atoms with Gasteiger partial charge in [-0.15, -0.1) is 0 Å². The van der Waals surface area contributed by atoms with Gasteiger partial charge in [-0.1, -0.05) is 43.3 Å². The molecule has 4 N–H and O–H groups in total. The van der Waals surface area contributed by atoms with E-state index in [1.165, 1.54) is 0 Å². The predicted molar refractivity (Wildman–Crippen MR) is 141 cm³/mol. The zero-order valence-corrected chi connectivity index (χ0v) is 21.8. The second-order valence-electron chi connectivity index (χ2n) is 10.2. The highest BCUT2D eigenvalue weighted by Crippen LogP contribution is 2.42. The fourth-order valence-electron chi connectivity index (χ4n) is 5.29. The second kappa shape index (κ2) is 13.3. The van der Waals surface area contributed by atoms with Gasteiger partial charge >= 0.3 is 5.97 Å². The highest BCUT2D eigenvalue weighted by Gasteiger charge is 2.40. The fourth-order valence-corrected chi connectivity index (χ4v) is 5.29. The van der Waals surface area contributed by atoms with Gasteiger partial charge < -0.3 is 30.1 Å². The van der Waals surface area contributed by atoms with E-state index in [1.807, 2.05) is 42.5 Å². The van der Waals surface area contributed by atoms with Crippen LogP contribution in [0.2, 0.25) is 0 Å². The van der Waals surface area contributed by atoms with Crippen molar-refractivity contribution in [2.45, 2.75) is 70.2 Å². The topological polar surface area (TPSA) is 129 Å². The minimum absolute atomic E-state index is 0.0257. The number of ether oxygens (including phenoxy) is 2. The van der Waals surface area contributed by atoms with Crippen LogP contribution in [0.5, 0.6) is 0 Å². The van der Waals surface area contributed by atoms with Crippen LogP contribution in [0.1, 0.15) is 68.1 Å². The van der Waals surface area contributed by atoms with E-state index in [2.05, 4.69) is 17.1 Å². The predicted octanol–water partition coefficient (Wildman–Crippen LogP) is 3.62. The van der Waals surface area contributed by atoms with E-state index in [1.54, 1.807) is 6.07 Å². The first-order valence-corrected chi connectivity index (χ1v) is 13.3. The van der Waals surface area contributed by atoms with Crippen molar-refractivity contribution < 1.29 is 34.4 Å². The molecule has 0 spiro atoms. The number of carbonyl (C=O) groups is 2. The van der Waals surface area contributed by atoms with Gasteiger partial charge in [-0.05, 0) is 49.1 Å². The first kappa shape index (κ1) is 28.2. The molecule has 38 heavy (non-hydrogen) atoms. The summed E-state index contributed by atoms with van der Waals surface area (Å²) in [5.74, 6) is -1.13. The number of hydrogen-bond acceptors (Lipinski definition) is 7. The number of anilines is 1. The van der Waals surface area contributed by atoms with Crippen molar-refractivity contribution in [1.29, 1.82) is 0 Å². The summed E-state index contributed by atoms with van der Waals surface area (Å²) in [6.45, 7) is 3.81. The molecule has 206 valence electrons. The molecule has 1 amide bonds. The zero-order valence-electron chi connectivity index (χ0n) is 21.8. The van der Waals surface area contributed by atoms with Crippen LogP contribution in [0, 0.1) is 5.92 Å². The molecule has 0 aromatic heterocycles. The number of nitrogens with one attached hydrogen (secondary N) is 1. The minimum atomic E-state index is -0.921. The van der Waals surface area contributed by atoms with E-state index in [-0.39, 0.29) is 62.6 Å². The van der Waals surface area contributed by atoms with Crippen molar-refractivity contribution in [1.82, 2.24) is 4.90 Å². The third kappa shape index (κ3) is 7.18. The molecular formula is C29H38N2O7. The lowest BCUT2D eigenvalue weighted by Gasteiger charge is -2.43. The highest BCUT2D eigenvalue weighted by atomic mass is 16.7. The average molecular weight is 527 g/mol. The molecule has 2 aliphatic rings. The maximum atomic E-state index is 12.3. The first-order valence-electron chi connectivity index (χ1n) is 13.3. The molecule has 4 rings (SSSR count). The summed E-state index contributed by atoms with van der Waals surface area (Å²) >= 11 is 0. The smallest absolute Gasteiger partial charge is 0.303 e. The molecule has 0 saturated carbocycles. The Kier molecular flexibility index (Phi) is 9.87. The normalized spacial score (nSPS) is 25.8. The molecule has 2 aromatic carbocycles. The first-order chi connectivity index (χ1) is 18.4. The van der Waals surface area contributed by atoms with Gasteiger partial charge in [0.2, 0.25) is 5.91 Å². The van der Waals surface area contributed by atoms with Crippen LogP contribution in [0.4, 0.5) is 5.69 Å². The molecule has 0 radical (unpaired) electrons. The minimum Gasteiger partial charge on any atom is -0.481 e. The van der Waals surface area contributed by atoms with Gasteiger partial charge in [0.15, 0.2) is 6.29 Å². The number of benzene rings is 2. The Balaban J connectivity index is 1.53. The standard InChI is InChI=1S/C29H38N2O7/c1-19-25(16-31-14-4-7-24(31)18-33)37-29(38-28(19)21-12-10-20(17-32)11-13-21)22-5-2-6-23(15-22)30-26(34)8-3-9-27(35)36/h2,5-6,10-13,15,19,24-25,28-29,32-33H,3-4,7-9,14,16-18H2,1H3,(H,30,34)(H,35,36). The molecule has 5 unspecified atom stereocenters. The van der Waals surface area contributed by atoms with E-state index in [4.69, 9.17) is 14.6 Å². The van der Waals surface area contributed by atoms with Crippen LogP contribution in [0.15, 0.2) is 48.5 Å². The van der Waals surface area contributed by atoms with Crippen LogP contribution >= 0.6 is 0 Å². The average Bonchev–Trinajstić information content (AvgIpc) is 3.37. The fraction of sp³-hybridized carbons (Fsp3) is 0.517. The SMILES string of the molecule is CC1C(CN2CCCC2CO)OC(c2cccc(NC(=O)CCCC(=O)O)c2)OC1c1ccc(CO)cc1. The molecule has 9 heteroatoms. The van der Waals surface area contributed by atoms with Crippen molar-refractivity contribution in [3.8, 4) is 0 Å². The van der Waals surface area contributed by atoms with Gasteiger partial charge in [0.05, 0.1) is 25.4 Å². The number of carboxylic acid groups (broad SMARTS) is 1. The Bertz CT molecular complexity index is 1080. The Morgan fingerprint density at radius 2 is 1.84 bits per heavy atom. The number of amides is 1. The molecular weight excluding hydrogens is 488 g/mol. The largest absolute Gasteiger partial charge is 0.481 e. The molecule has 2 saturated heterocycles. The third-order valence-corrected chi connectivity index (χ3v) is 7.48. The number of likely N-dealkylation sites (tertiary alicyclic amines) is 1. The number of aliphatic carboxylic acids is 1. The van der Waals surface area contributed by atoms with E-state index >= 15 is 0 Å². The van der Waals surface area contributed by atoms with Gasteiger partial charge in [-0.2, -0.15) is 0 Å². The number of rotatable bonds is 11. The lowest BCUT2D eigenvalue weighted by atomic mass is 9.90. The van der Waals surface area contributed by atoms with E-state index in [0.29, 0.717) is 12.2 Å². The third-order valence-electron chi connectivity index (χ3n) is 7.48. The Morgan fingerprint density at radius 3 is 2.55 bits per heavy atom. The maximum Gasteiger partial charge on any atom is 0.303 e. The number of aliphatic hydroxyl groups excluding tert-OH is 2. The van der Waals surface area contributed by atoms with Gasteiger partial charge in [0.1, 0.15) is 0 Å². The van der Waals surface area contributed by atoms with Crippen molar-refractivity contribution in [2.24, 2.45) is 5.92 Å². The van der Waals surface area contributed by atoms with E-state index in [9.17, 15) is 19.8 Å². The summed E-state index contributed by atoms with van der Waals surface area (Å²) < 4.78 is 13.0. The number of carbonyl (C=O) groups excluding carboxylic acids is 1. The quantitative estimate of drug-likeness (QED) is 0.350. The van der Waals surface area contributed by atoms with Gasteiger partial charge in [0.25, 0.3) is 0 Å². The number of aliphatic hydroxyl groups is 2. The summed E-state index contributed by atoms with van der Waals surface area (Å²) in [5, 5.41) is 30.9. The highest BCUT2D eigenvalue weighted by molar-refractivity contribution is 5.90. The molecule has 5 atom stereocenters. The molecule has 2 fully saturated rings. The van der Waals surface area contributed by atoms with Crippen LogP contribution < -0.4 is 5.32 Å². The van der Waals surface area contributed by atoms with Crippen LogP contribution in [-0.2, 0) is 25.7 Å². The molecule has 9 nitrogen and oxygen atoms in total. The summed E-state index contributed by atoms with van der Waals surface area (Å²) in [4.78, 5) is 25.3. The molecule has 2 aromatic rings. The second-order valence-corrected chi connectivity index (χ2v) is 10.2. The zero-order chi connectivity index (χ0) is 27.1. The van der Waals surface area contributed by atoms with Gasteiger partial charge in [0, 0.05) is 42.6 Å². The number of hydrogen-bond donors (Lipinski definition) is 4. The molecule has 2 aliphatic heterocycles. The molecule has 0 aliphatic carbocycles. The number of nitrogens with zero attached hydrogens (tertiary/aromatic N) is 1. The summed E-state index contributed by atoms with van der Waals surface area (Å²) in [5.41, 5.74) is 3.18. The van der Waals surface area contributed by atoms with Crippen molar-refractivity contribution in [2.75, 3.05) is 25.0 Å². The van der Waals surface area contributed by atoms with E-state index in [0.717, 1.165) is 36.1 Å². The van der Waals surface area contributed by atoms with Crippen LogP contribution in [0.3, 0.4) is 0 Å². The maximum absolute atomic E-state index is 12.3. The van der Waals surface area contributed by atoms with Crippen LogP contribution in [0.25, 0.3) is 0 Å². The van der Waals surface area contributed by atoms with Crippen molar-refractivity contribution in [3.05, 3.63) is 65.2 Å². The lowest BCUT2D eigenvalue weighted by molar-refractivity contribution is -0.276.